The molecule has 0 saturated carbocycles. The Morgan fingerprint density at radius 3 is 2.17 bits per heavy atom. The van der Waals surface area contributed by atoms with E-state index in [-0.39, 0.29) is 52.3 Å². The molecule has 13 nitrogen and oxygen atoms in total. The molecule has 3 aromatic carbocycles. The van der Waals surface area contributed by atoms with Crippen molar-refractivity contribution in [2.24, 2.45) is 5.10 Å². The molecule has 1 heterocycles. The molecule has 0 radical (unpaired) electrons. The summed E-state index contributed by atoms with van der Waals surface area (Å²) < 4.78 is 67.0. The van der Waals surface area contributed by atoms with E-state index < -0.39 is 35.0 Å². The third-order valence-corrected chi connectivity index (χ3v) is 7.21. The molecule has 36 heavy (non-hydrogen) atoms. The first-order chi connectivity index (χ1) is 16.4. The zero-order valence-corrected chi connectivity index (χ0v) is 21.0. The van der Waals surface area contributed by atoms with Crippen LogP contribution in [0.4, 0.5) is 17.1 Å². The quantitative estimate of drug-likeness (QED) is 0.116. The SMILES string of the molecule is O=[N+]([O-])c1ccccc1N1N=C(c2ccc(S(=O)(=O)O)cc2S(=O)(=O)O)NN1c1ccc(I)cc1.[NaH]. The molecule has 0 bridgehead atoms. The van der Waals surface area contributed by atoms with Gasteiger partial charge in [0.25, 0.3) is 25.9 Å². The Kier molecular flexibility index (Phi) is 8.30. The third-order valence-electron chi connectivity index (χ3n) is 4.75. The summed E-state index contributed by atoms with van der Waals surface area (Å²) in [5.74, 6) is -0.184. The minimum atomic E-state index is -4.99. The maximum absolute atomic E-state index is 12.1. The number of hydrazone groups is 1. The van der Waals surface area contributed by atoms with Crippen molar-refractivity contribution in [2.45, 2.75) is 9.79 Å². The van der Waals surface area contributed by atoms with Crippen LogP contribution in [0.2, 0.25) is 0 Å². The Morgan fingerprint density at radius 2 is 1.58 bits per heavy atom. The van der Waals surface area contributed by atoms with Gasteiger partial charge in [0.05, 0.1) is 15.5 Å². The number of halogens is 1. The van der Waals surface area contributed by atoms with Crippen LogP contribution in [0.1, 0.15) is 5.56 Å². The van der Waals surface area contributed by atoms with Gasteiger partial charge in [-0.25, -0.2) is 0 Å². The number of amidine groups is 1. The number of nitro benzene ring substituents is 1. The second-order valence-corrected chi connectivity index (χ2v) is 11.0. The van der Waals surface area contributed by atoms with Crippen molar-refractivity contribution in [1.82, 2.24) is 5.43 Å². The molecule has 4 rings (SSSR count). The van der Waals surface area contributed by atoms with Gasteiger partial charge in [-0.15, -0.1) is 10.2 Å². The van der Waals surface area contributed by atoms with E-state index in [1.807, 2.05) is 0 Å². The van der Waals surface area contributed by atoms with E-state index in [1.165, 1.54) is 23.3 Å². The second-order valence-electron chi connectivity index (χ2n) is 6.99. The summed E-state index contributed by atoms with van der Waals surface area (Å²) in [6.07, 6.45) is 0. The van der Waals surface area contributed by atoms with Crippen molar-refractivity contribution in [1.29, 1.82) is 0 Å². The predicted octanol–water partition coefficient (Wildman–Crippen LogP) is 2.15. The number of hydrazine groups is 2. The Labute approximate surface area is 240 Å². The normalized spacial score (nSPS) is 13.6. The van der Waals surface area contributed by atoms with E-state index in [9.17, 15) is 36.1 Å². The first-order valence-corrected chi connectivity index (χ1v) is 13.4. The summed E-state index contributed by atoms with van der Waals surface area (Å²) in [6, 6.07) is 15.1. The van der Waals surface area contributed by atoms with Crippen molar-refractivity contribution in [2.75, 3.05) is 10.2 Å². The van der Waals surface area contributed by atoms with Gasteiger partial charge in [0.15, 0.2) is 11.5 Å². The van der Waals surface area contributed by atoms with E-state index >= 15 is 0 Å². The first kappa shape index (κ1) is 28.3. The zero-order valence-electron chi connectivity index (χ0n) is 17.2. The Bertz CT molecular complexity index is 1580. The minimum absolute atomic E-state index is 0. The summed E-state index contributed by atoms with van der Waals surface area (Å²) in [4.78, 5) is 9.40. The van der Waals surface area contributed by atoms with Crippen LogP contribution in [0.3, 0.4) is 0 Å². The molecule has 3 aromatic rings. The summed E-state index contributed by atoms with van der Waals surface area (Å²) in [5, 5.41) is 18.4. The van der Waals surface area contributed by atoms with Crippen molar-refractivity contribution < 1.29 is 30.9 Å². The molecule has 0 amide bonds. The number of nitrogens with one attached hydrogen (secondary N) is 1. The van der Waals surface area contributed by atoms with Crippen LogP contribution in [-0.4, -0.2) is 66.3 Å². The Morgan fingerprint density at radius 1 is 0.944 bits per heavy atom. The van der Waals surface area contributed by atoms with Crippen LogP contribution >= 0.6 is 22.6 Å². The topological polar surface area (TPSA) is 183 Å². The monoisotopic (exact) mass is 655 g/mol. The molecule has 0 aromatic heterocycles. The molecule has 0 atom stereocenters. The molecule has 0 spiro atoms. The number of hydrogen-bond donors (Lipinski definition) is 3. The van der Waals surface area contributed by atoms with E-state index in [0.717, 1.165) is 20.8 Å². The number of hydrogen-bond acceptors (Lipinski definition) is 10. The fraction of sp³-hybridized carbons (Fsp3) is 0. The second kappa shape index (κ2) is 10.6. The molecular formula is C19H15IN5NaO8S2. The predicted molar refractivity (Wildman–Crippen MR) is 140 cm³/mol. The van der Waals surface area contributed by atoms with Crippen LogP contribution in [0.5, 0.6) is 0 Å². The number of nitrogens with zero attached hydrogens (tertiary/aromatic N) is 4. The molecule has 1 aliphatic heterocycles. The van der Waals surface area contributed by atoms with Crippen LogP contribution in [0.25, 0.3) is 0 Å². The maximum atomic E-state index is 12.1. The van der Waals surface area contributed by atoms with E-state index in [1.54, 1.807) is 30.3 Å². The standard InChI is InChI=1S/C19H14IN5O8S2.Na.H/c20-12-5-7-13(8-6-12)23-21-19(22-24(23)16-3-1-2-4-17(16)25(26)27)15-10-9-14(34(28,29)30)11-18(15)35(31,32)33;;/h1-11H,(H,21,22)(H,28,29,30)(H,31,32,33);;. The molecule has 0 unspecified atom stereocenters. The first-order valence-electron chi connectivity index (χ1n) is 9.40. The van der Waals surface area contributed by atoms with Gasteiger partial charge >= 0.3 is 29.6 Å². The van der Waals surface area contributed by atoms with Crippen molar-refractivity contribution in [3.8, 4) is 0 Å². The molecule has 1 aliphatic rings. The van der Waals surface area contributed by atoms with Gasteiger partial charge in [0.1, 0.15) is 4.90 Å². The van der Waals surface area contributed by atoms with Gasteiger partial charge in [-0.2, -0.15) is 22.0 Å². The van der Waals surface area contributed by atoms with Gasteiger partial charge in [0, 0.05) is 15.2 Å². The number of nitro groups is 1. The summed E-state index contributed by atoms with van der Waals surface area (Å²) >= 11 is 2.09. The average Bonchev–Trinajstić information content (AvgIpc) is 3.23. The van der Waals surface area contributed by atoms with E-state index in [2.05, 4.69) is 33.1 Å². The molecule has 0 aliphatic carbocycles. The number of para-hydroxylation sites is 2. The van der Waals surface area contributed by atoms with E-state index in [0.29, 0.717) is 11.8 Å². The van der Waals surface area contributed by atoms with Gasteiger partial charge in [-0.3, -0.25) is 24.6 Å². The molecule has 0 saturated heterocycles. The zero-order chi connectivity index (χ0) is 25.5. The number of benzene rings is 3. The van der Waals surface area contributed by atoms with Gasteiger partial charge < -0.3 is 0 Å². The Hall–Kier alpha value is -2.32. The fourth-order valence-electron chi connectivity index (χ4n) is 3.20. The van der Waals surface area contributed by atoms with Crippen LogP contribution in [0.15, 0.2) is 81.6 Å². The van der Waals surface area contributed by atoms with Crippen molar-refractivity contribution in [3.63, 3.8) is 0 Å². The third kappa shape index (κ3) is 5.80. The summed E-state index contributed by atoms with van der Waals surface area (Å²) in [7, 11) is -9.77. The number of rotatable bonds is 6. The average molecular weight is 655 g/mol. The van der Waals surface area contributed by atoms with Gasteiger partial charge in [0.2, 0.25) is 0 Å². The van der Waals surface area contributed by atoms with Gasteiger partial charge in [-0.1, -0.05) is 12.1 Å². The van der Waals surface area contributed by atoms with Crippen molar-refractivity contribution >= 4 is 95.3 Å². The van der Waals surface area contributed by atoms with Crippen LogP contribution in [0, 0.1) is 13.7 Å². The molecule has 17 heteroatoms. The summed E-state index contributed by atoms with van der Waals surface area (Å²) in [5.41, 5.74) is 2.76. The molecule has 3 N–H and O–H groups in total. The molecule has 184 valence electrons. The fourth-order valence-corrected chi connectivity index (χ4v) is 4.86. The Balaban J connectivity index is 0.00000361. The number of anilines is 2. The molecule has 0 fully saturated rings. The van der Waals surface area contributed by atoms with Crippen LogP contribution in [-0.2, 0) is 20.2 Å². The summed E-state index contributed by atoms with van der Waals surface area (Å²) in [6.45, 7) is 0. The molecular weight excluding hydrogens is 640 g/mol. The van der Waals surface area contributed by atoms with Gasteiger partial charge in [-0.05, 0) is 71.1 Å². The van der Waals surface area contributed by atoms with Crippen LogP contribution < -0.4 is 15.7 Å². The van der Waals surface area contributed by atoms with Crippen molar-refractivity contribution in [3.05, 3.63) is 86.0 Å². The van der Waals surface area contributed by atoms with E-state index in [4.69, 9.17) is 0 Å².